The monoisotopic (exact) mass is 538 g/mol. The number of amides is 3. The summed E-state index contributed by atoms with van der Waals surface area (Å²) in [6.07, 6.45) is 3.07. The van der Waals surface area contributed by atoms with Gasteiger partial charge in [0.25, 0.3) is 0 Å². The summed E-state index contributed by atoms with van der Waals surface area (Å²) >= 11 is 0. The van der Waals surface area contributed by atoms with Gasteiger partial charge in [-0.25, -0.2) is 9.78 Å². The standard InChI is InChI=1S/C26H30N6O7/c27-20(11-17-12-28-14-30-17)24(36)29-13-23(35)31-21(9-15-1-5-18(33)6-2-15)25(37)32-22(26(38)39)10-16-3-7-19(34)8-4-16/h1-8,12,14,20-22,33-34H,9-11,13,27H2,(H,28,30)(H,29,36)(H,31,35)(H,32,37)(H,38,39). The maximum atomic E-state index is 13.1. The molecule has 0 spiro atoms. The zero-order chi connectivity index (χ0) is 28.4. The number of nitrogens with two attached hydrogens (primary N) is 1. The van der Waals surface area contributed by atoms with E-state index in [1.165, 1.54) is 48.9 Å². The Hall–Kier alpha value is -4.91. The lowest BCUT2D eigenvalue weighted by Gasteiger charge is -2.22. The van der Waals surface area contributed by atoms with Crippen molar-refractivity contribution in [3.05, 3.63) is 77.9 Å². The van der Waals surface area contributed by atoms with Gasteiger partial charge < -0.3 is 42.0 Å². The quantitative estimate of drug-likeness (QED) is 0.138. The van der Waals surface area contributed by atoms with Gasteiger partial charge >= 0.3 is 5.97 Å². The fourth-order valence-electron chi connectivity index (χ4n) is 3.69. The van der Waals surface area contributed by atoms with Crippen LogP contribution in [0.2, 0.25) is 0 Å². The summed E-state index contributed by atoms with van der Waals surface area (Å²) in [7, 11) is 0. The molecule has 2 aromatic carbocycles. The molecule has 3 aromatic rings. The minimum Gasteiger partial charge on any atom is -0.508 e. The van der Waals surface area contributed by atoms with Crippen molar-refractivity contribution in [3.63, 3.8) is 0 Å². The number of hydrogen-bond donors (Lipinski definition) is 8. The second kappa shape index (κ2) is 13.6. The van der Waals surface area contributed by atoms with E-state index in [0.29, 0.717) is 16.8 Å². The first-order chi connectivity index (χ1) is 18.6. The number of phenols is 2. The van der Waals surface area contributed by atoms with Crippen LogP contribution in [-0.2, 0) is 38.4 Å². The van der Waals surface area contributed by atoms with E-state index in [1.54, 1.807) is 12.1 Å². The maximum Gasteiger partial charge on any atom is 0.326 e. The predicted octanol–water partition coefficient (Wildman–Crippen LogP) is -0.653. The van der Waals surface area contributed by atoms with Gasteiger partial charge in [-0.15, -0.1) is 0 Å². The second-order valence-corrected chi connectivity index (χ2v) is 8.87. The molecule has 13 nitrogen and oxygen atoms in total. The fourth-order valence-corrected chi connectivity index (χ4v) is 3.69. The van der Waals surface area contributed by atoms with Crippen molar-refractivity contribution in [1.29, 1.82) is 0 Å². The van der Waals surface area contributed by atoms with E-state index in [0.717, 1.165) is 0 Å². The number of rotatable bonds is 13. The summed E-state index contributed by atoms with van der Waals surface area (Å²) in [5, 5.41) is 36.0. The van der Waals surface area contributed by atoms with E-state index in [-0.39, 0.29) is 30.8 Å². The summed E-state index contributed by atoms with van der Waals surface area (Å²) in [4.78, 5) is 56.6. The molecule has 9 N–H and O–H groups in total. The van der Waals surface area contributed by atoms with Crippen LogP contribution >= 0.6 is 0 Å². The van der Waals surface area contributed by atoms with Crippen molar-refractivity contribution in [2.75, 3.05) is 6.54 Å². The van der Waals surface area contributed by atoms with Crippen LogP contribution in [0.15, 0.2) is 61.1 Å². The van der Waals surface area contributed by atoms with Crippen molar-refractivity contribution in [1.82, 2.24) is 25.9 Å². The third-order valence-electron chi connectivity index (χ3n) is 5.77. The Balaban J connectivity index is 1.65. The van der Waals surface area contributed by atoms with Crippen LogP contribution in [0.4, 0.5) is 0 Å². The van der Waals surface area contributed by atoms with Crippen LogP contribution in [0.5, 0.6) is 11.5 Å². The van der Waals surface area contributed by atoms with E-state index >= 15 is 0 Å². The molecule has 3 unspecified atom stereocenters. The number of carboxylic acids is 1. The SMILES string of the molecule is NC(Cc1cnc[nH]1)C(=O)NCC(=O)NC(Cc1ccc(O)cc1)C(=O)NC(Cc1ccc(O)cc1)C(=O)O. The zero-order valence-electron chi connectivity index (χ0n) is 20.8. The van der Waals surface area contributed by atoms with Crippen LogP contribution in [0.3, 0.4) is 0 Å². The third kappa shape index (κ3) is 9.16. The fraction of sp³-hybridized carbons (Fsp3) is 0.269. The van der Waals surface area contributed by atoms with E-state index in [2.05, 4.69) is 25.9 Å². The molecule has 0 aliphatic carbocycles. The number of benzene rings is 2. The Morgan fingerprint density at radius 1 is 0.821 bits per heavy atom. The van der Waals surface area contributed by atoms with Gasteiger partial charge in [-0.05, 0) is 35.4 Å². The number of carbonyl (C=O) groups excluding carboxylic acids is 3. The zero-order valence-corrected chi connectivity index (χ0v) is 20.8. The number of hydrogen-bond acceptors (Lipinski definition) is 8. The average molecular weight is 539 g/mol. The third-order valence-corrected chi connectivity index (χ3v) is 5.77. The molecule has 0 bridgehead atoms. The molecule has 3 amide bonds. The summed E-state index contributed by atoms with van der Waals surface area (Å²) in [5.74, 6) is -3.30. The number of aromatic nitrogens is 2. The molecular weight excluding hydrogens is 508 g/mol. The molecule has 0 aliphatic rings. The maximum absolute atomic E-state index is 13.1. The Labute approximate surface area is 223 Å². The number of aromatic amines is 1. The Bertz CT molecular complexity index is 1260. The average Bonchev–Trinajstić information content (AvgIpc) is 3.41. The lowest BCUT2D eigenvalue weighted by Crippen LogP contribution is -2.55. The predicted molar refractivity (Wildman–Crippen MR) is 138 cm³/mol. The largest absolute Gasteiger partial charge is 0.508 e. The molecule has 13 heteroatoms. The van der Waals surface area contributed by atoms with Gasteiger partial charge in [-0.1, -0.05) is 24.3 Å². The van der Waals surface area contributed by atoms with Crippen molar-refractivity contribution < 1.29 is 34.5 Å². The molecule has 0 aliphatic heterocycles. The van der Waals surface area contributed by atoms with Gasteiger partial charge in [0, 0.05) is 31.2 Å². The molecule has 1 aromatic heterocycles. The Morgan fingerprint density at radius 2 is 1.38 bits per heavy atom. The number of carbonyl (C=O) groups is 4. The number of aromatic hydroxyl groups is 2. The summed E-state index contributed by atoms with van der Waals surface area (Å²) in [5.41, 5.74) is 7.66. The van der Waals surface area contributed by atoms with Gasteiger partial charge in [0.2, 0.25) is 17.7 Å². The number of phenolic OH excluding ortho intramolecular Hbond substituents is 2. The molecule has 39 heavy (non-hydrogen) atoms. The number of nitrogens with one attached hydrogen (secondary N) is 4. The van der Waals surface area contributed by atoms with Crippen LogP contribution in [0, 0.1) is 0 Å². The number of H-pyrrole nitrogens is 1. The molecule has 0 radical (unpaired) electrons. The summed E-state index contributed by atoms with van der Waals surface area (Å²) in [6, 6.07) is 8.37. The second-order valence-electron chi connectivity index (χ2n) is 8.87. The van der Waals surface area contributed by atoms with E-state index in [1.807, 2.05) is 0 Å². The summed E-state index contributed by atoms with van der Waals surface area (Å²) < 4.78 is 0. The van der Waals surface area contributed by atoms with Crippen LogP contribution in [-0.4, -0.2) is 73.6 Å². The highest BCUT2D eigenvalue weighted by Crippen LogP contribution is 2.13. The highest BCUT2D eigenvalue weighted by Gasteiger charge is 2.27. The summed E-state index contributed by atoms with van der Waals surface area (Å²) in [6.45, 7) is -0.468. The molecule has 206 valence electrons. The van der Waals surface area contributed by atoms with Gasteiger partial charge in [0.05, 0.1) is 18.9 Å². The molecule has 3 rings (SSSR count). The Morgan fingerprint density at radius 3 is 1.90 bits per heavy atom. The van der Waals surface area contributed by atoms with Gasteiger partial charge in [0.15, 0.2) is 0 Å². The minimum atomic E-state index is -1.32. The van der Waals surface area contributed by atoms with Gasteiger partial charge in [0.1, 0.15) is 23.6 Å². The number of imidazole rings is 1. The van der Waals surface area contributed by atoms with Crippen molar-refractivity contribution >= 4 is 23.7 Å². The molecule has 1 heterocycles. The van der Waals surface area contributed by atoms with E-state index in [4.69, 9.17) is 5.73 Å². The Kier molecular flexibility index (Phi) is 9.98. The number of aliphatic carboxylic acids is 1. The van der Waals surface area contributed by atoms with Gasteiger partial charge in [-0.2, -0.15) is 0 Å². The van der Waals surface area contributed by atoms with Gasteiger partial charge in [-0.3, -0.25) is 14.4 Å². The van der Waals surface area contributed by atoms with Crippen LogP contribution in [0.1, 0.15) is 16.8 Å². The number of nitrogens with zero attached hydrogens (tertiary/aromatic N) is 1. The normalized spacial score (nSPS) is 13.1. The van der Waals surface area contributed by atoms with Crippen molar-refractivity contribution in [3.8, 4) is 11.5 Å². The molecule has 3 atom stereocenters. The van der Waals surface area contributed by atoms with Crippen molar-refractivity contribution in [2.24, 2.45) is 5.73 Å². The first-order valence-electron chi connectivity index (χ1n) is 12.0. The van der Waals surface area contributed by atoms with Crippen LogP contribution < -0.4 is 21.7 Å². The topological polar surface area (TPSA) is 220 Å². The molecule has 0 saturated carbocycles. The lowest BCUT2D eigenvalue weighted by atomic mass is 10.0. The van der Waals surface area contributed by atoms with E-state index < -0.39 is 48.4 Å². The number of carboxylic acid groups (broad SMARTS) is 1. The van der Waals surface area contributed by atoms with Crippen molar-refractivity contribution in [2.45, 2.75) is 37.4 Å². The molecule has 0 saturated heterocycles. The first kappa shape index (κ1) is 28.7. The van der Waals surface area contributed by atoms with Crippen LogP contribution in [0.25, 0.3) is 0 Å². The molecule has 0 fully saturated rings. The highest BCUT2D eigenvalue weighted by molar-refractivity contribution is 5.92. The first-order valence-corrected chi connectivity index (χ1v) is 12.0. The lowest BCUT2D eigenvalue weighted by molar-refractivity contribution is -0.142. The van der Waals surface area contributed by atoms with E-state index in [9.17, 15) is 34.5 Å². The minimum absolute atomic E-state index is 0.0119. The highest BCUT2D eigenvalue weighted by atomic mass is 16.4. The molecular formula is C26H30N6O7. The smallest absolute Gasteiger partial charge is 0.326 e.